The second-order valence-corrected chi connectivity index (χ2v) is 6.80. The minimum atomic E-state index is -0.0820. The summed E-state index contributed by atoms with van der Waals surface area (Å²) in [5.74, 6) is 0. The van der Waals surface area contributed by atoms with Gasteiger partial charge in [0.15, 0.2) is 0 Å². The van der Waals surface area contributed by atoms with Crippen molar-refractivity contribution in [3.63, 3.8) is 0 Å². The first-order valence-electron chi connectivity index (χ1n) is 6.71. The van der Waals surface area contributed by atoms with Crippen molar-refractivity contribution in [2.75, 3.05) is 0 Å². The molecule has 0 radical (unpaired) electrons. The molecule has 0 saturated carbocycles. The molecule has 3 aromatic rings. The van der Waals surface area contributed by atoms with E-state index < -0.39 is 0 Å². The Morgan fingerprint density at radius 2 is 1.67 bits per heavy atom. The van der Waals surface area contributed by atoms with Crippen LogP contribution in [0.4, 0.5) is 0 Å². The Morgan fingerprint density at radius 1 is 0.905 bits per heavy atom. The quantitative estimate of drug-likeness (QED) is 0.440. The molecule has 106 valence electrons. The zero-order valence-electron chi connectivity index (χ0n) is 11.2. The largest absolute Gasteiger partial charge is 0.117 e. The Balaban J connectivity index is 1.98. The van der Waals surface area contributed by atoms with Gasteiger partial charge in [-0.15, -0.1) is 11.6 Å². The van der Waals surface area contributed by atoms with Crippen LogP contribution in [0.2, 0.25) is 5.02 Å². The van der Waals surface area contributed by atoms with Crippen LogP contribution >= 0.6 is 39.1 Å². The van der Waals surface area contributed by atoms with Gasteiger partial charge in [0.05, 0.1) is 5.38 Å². The number of alkyl halides is 1. The van der Waals surface area contributed by atoms with Crippen molar-refractivity contribution in [3.8, 4) is 0 Å². The van der Waals surface area contributed by atoms with Crippen LogP contribution in [0.5, 0.6) is 0 Å². The van der Waals surface area contributed by atoms with Crippen molar-refractivity contribution in [1.82, 2.24) is 0 Å². The van der Waals surface area contributed by atoms with Crippen molar-refractivity contribution in [3.05, 3.63) is 81.3 Å². The van der Waals surface area contributed by atoms with Gasteiger partial charge in [0.1, 0.15) is 0 Å². The summed E-state index contributed by atoms with van der Waals surface area (Å²) in [6.07, 6.45) is 0.758. The summed E-state index contributed by atoms with van der Waals surface area (Å²) in [6.45, 7) is 0. The fourth-order valence-electron chi connectivity index (χ4n) is 2.54. The molecule has 21 heavy (non-hydrogen) atoms. The maximum atomic E-state index is 6.67. The van der Waals surface area contributed by atoms with Crippen LogP contribution in [-0.2, 0) is 6.42 Å². The average molecular weight is 380 g/mol. The molecule has 1 atom stereocenters. The van der Waals surface area contributed by atoms with E-state index in [1.165, 1.54) is 10.8 Å². The van der Waals surface area contributed by atoms with Crippen LogP contribution < -0.4 is 0 Å². The number of halogens is 3. The van der Waals surface area contributed by atoms with E-state index in [0.29, 0.717) is 0 Å². The summed E-state index contributed by atoms with van der Waals surface area (Å²) >= 11 is 16.3. The zero-order valence-corrected chi connectivity index (χ0v) is 14.3. The normalized spacial score (nSPS) is 12.5. The lowest BCUT2D eigenvalue weighted by atomic mass is 9.98. The van der Waals surface area contributed by atoms with Crippen molar-refractivity contribution in [1.29, 1.82) is 0 Å². The van der Waals surface area contributed by atoms with Crippen LogP contribution in [0, 0.1) is 0 Å². The predicted molar refractivity (Wildman–Crippen MR) is 95.4 cm³/mol. The highest BCUT2D eigenvalue weighted by atomic mass is 79.9. The van der Waals surface area contributed by atoms with Crippen LogP contribution in [-0.4, -0.2) is 0 Å². The molecular weight excluding hydrogens is 367 g/mol. The monoisotopic (exact) mass is 378 g/mol. The van der Waals surface area contributed by atoms with E-state index in [-0.39, 0.29) is 5.38 Å². The smallest absolute Gasteiger partial charge is 0.0631 e. The second kappa shape index (κ2) is 6.39. The highest BCUT2D eigenvalue weighted by molar-refractivity contribution is 9.10. The van der Waals surface area contributed by atoms with Crippen LogP contribution in [0.15, 0.2) is 65.1 Å². The highest BCUT2D eigenvalue weighted by Crippen LogP contribution is 2.34. The Kier molecular flexibility index (Phi) is 4.54. The van der Waals surface area contributed by atoms with Gasteiger partial charge in [0.2, 0.25) is 0 Å². The molecule has 3 rings (SSSR count). The van der Waals surface area contributed by atoms with E-state index in [1.54, 1.807) is 0 Å². The molecule has 0 spiro atoms. The molecule has 0 nitrogen and oxygen atoms in total. The third kappa shape index (κ3) is 3.26. The van der Waals surface area contributed by atoms with Crippen LogP contribution in [0.25, 0.3) is 10.8 Å². The van der Waals surface area contributed by atoms with Crippen LogP contribution in [0.3, 0.4) is 0 Å². The van der Waals surface area contributed by atoms with Crippen molar-refractivity contribution >= 4 is 49.9 Å². The average Bonchev–Trinajstić information content (AvgIpc) is 2.48. The molecule has 3 heteroatoms. The molecule has 0 amide bonds. The van der Waals surface area contributed by atoms with Gasteiger partial charge >= 0.3 is 0 Å². The minimum absolute atomic E-state index is 0.0820. The molecular formula is C18H13BrCl2. The number of rotatable bonds is 3. The van der Waals surface area contributed by atoms with E-state index >= 15 is 0 Å². The maximum absolute atomic E-state index is 6.67. The topological polar surface area (TPSA) is 0 Å². The Labute approximate surface area is 142 Å². The van der Waals surface area contributed by atoms with Gasteiger partial charge in [-0.2, -0.15) is 0 Å². The first-order chi connectivity index (χ1) is 10.1. The van der Waals surface area contributed by atoms with Crippen molar-refractivity contribution < 1.29 is 0 Å². The summed E-state index contributed by atoms with van der Waals surface area (Å²) < 4.78 is 1.09. The Morgan fingerprint density at radius 3 is 2.43 bits per heavy atom. The number of fused-ring (bicyclic) bond motifs is 1. The molecule has 0 aromatic heterocycles. The van der Waals surface area contributed by atoms with Gasteiger partial charge in [-0.25, -0.2) is 0 Å². The number of hydrogen-bond donors (Lipinski definition) is 0. The lowest BCUT2D eigenvalue weighted by Gasteiger charge is -2.14. The summed E-state index contributed by atoms with van der Waals surface area (Å²) in [5, 5.41) is 3.04. The van der Waals surface area contributed by atoms with E-state index in [0.717, 1.165) is 27.0 Å². The van der Waals surface area contributed by atoms with E-state index in [2.05, 4.69) is 46.3 Å². The SMILES string of the molecule is Clc1cccc(CC(Cl)c2ccc(Br)c3ccccc23)c1. The van der Waals surface area contributed by atoms with Gasteiger partial charge in [-0.3, -0.25) is 0 Å². The molecule has 0 saturated heterocycles. The van der Waals surface area contributed by atoms with E-state index in [4.69, 9.17) is 23.2 Å². The molecule has 0 bridgehead atoms. The summed E-state index contributed by atoms with van der Waals surface area (Å²) in [6, 6.07) is 20.3. The van der Waals surface area contributed by atoms with Crippen molar-refractivity contribution in [2.24, 2.45) is 0 Å². The predicted octanol–water partition coefficient (Wildman–Crippen LogP) is 6.78. The molecule has 1 unspecified atom stereocenters. The van der Waals surface area contributed by atoms with Crippen LogP contribution in [0.1, 0.15) is 16.5 Å². The molecule has 0 heterocycles. The number of hydrogen-bond acceptors (Lipinski definition) is 0. The van der Waals surface area contributed by atoms with Gasteiger partial charge in [0.25, 0.3) is 0 Å². The molecule has 3 aromatic carbocycles. The lowest BCUT2D eigenvalue weighted by molar-refractivity contribution is 0.928. The first kappa shape index (κ1) is 14.9. The molecule has 0 aliphatic rings. The standard InChI is InChI=1S/C18H13BrCl2/c19-17-9-8-16(14-6-1-2-7-15(14)17)18(21)11-12-4-3-5-13(20)10-12/h1-10,18H,11H2. The second-order valence-electron chi connectivity index (χ2n) is 4.98. The fraction of sp³-hybridized carbons (Fsp3) is 0.111. The van der Waals surface area contributed by atoms with E-state index in [1.807, 2.05) is 30.3 Å². The van der Waals surface area contributed by atoms with Crippen molar-refractivity contribution in [2.45, 2.75) is 11.8 Å². The van der Waals surface area contributed by atoms with E-state index in [9.17, 15) is 0 Å². The molecule has 0 aliphatic carbocycles. The Bertz CT molecular complexity index is 783. The zero-order chi connectivity index (χ0) is 14.8. The molecule has 0 N–H and O–H groups in total. The summed E-state index contributed by atoms with van der Waals surface area (Å²) in [5.41, 5.74) is 2.30. The van der Waals surface area contributed by atoms with Gasteiger partial charge in [-0.05, 0) is 46.5 Å². The molecule has 0 aliphatic heterocycles. The van der Waals surface area contributed by atoms with Gasteiger partial charge < -0.3 is 0 Å². The lowest BCUT2D eigenvalue weighted by Crippen LogP contribution is -1.97. The fourth-order valence-corrected chi connectivity index (χ4v) is 3.60. The Hall–Kier alpha value is -1.02. The highest BCUT2D eigenvalue weighted by Gasteiger charge is 2.13. The first-order valence-corrected chi connectivity index (χ1v) is 8.31. The molecule has 0 fully saturated rings. The summed E-state index contributed by atoms with van der Waals surface area (Å²) in [7, 11) is 0. The maximum Gasteiger partial charge on any atom is 0.0631 e. The summed E-state index contributed by atoms with van der Waals surface area (Å²) in [4.78, 5) is 0. The third-order valence-electron chi connectivity index (χ3n) is 3.55. The minimum Gasteiger partial charge on any atom is -0.117 e. The third-order valence-corrected chi connectivity index (χ3v) is 4.86. The van der Waals surface area contributed by atoms with Gasteiger partial charge in [-0.1, -0.05) is 70.0 Å². The van der Waals surface area contributed by atoms with Gasteiger partial charge in [0, 0.05) is 9.50 Å². The number of benzene rings is 3.